The molecule has 0 spiro atoms. The fourth-order valence-corrected chi connectivity index (χ4v) is 3.32. The molecule has 174 valence electrons. The Kier molecular flexibility index (Phi) is 8.48. The number of ether oxygens (including phenoxy) is 1. The summed E-state index contributed by atoms with van der Waals surface area (Å²) >= 11 is 0. The molecule has 0 aliphatic rings. The summed E-state index contributed by atoms with van der Waals surface area (Å²) in [6.45, 7) is 14.3. The van der Waals surface area contributed by atoms with Crippen molar-refractivity contribution in [3.63, 3.8) is 0 Å². The van der Waals surface area contributed by atoms with Crippen LogP contribution in [0.2, 0.25) is 0 Å². The topological polar surface area (TPSA) is 58.6 Å². The first-order valence-electron chi connectivity index (χ1n) is 11.3. The highest BCUT2D eigenvalue weighted by Gasteiger charge is 2.28. The van der Waals surface area contributed by atoms with Crippen molar-refractivity contribution >= 4 is 11.8 Å². The van der Waals surface area contributed by atoms with Crippen LogP contribution in [0.3, 0.4) is 0 Å². The SMILES string of the molecule is CC(C(=O)NC(C)(C)C)N(CCc1ccccc1)C(=O)COc1ccc(C(C)(C)C)cc1. The van der Waals surface area contributed by atoms with E-state index < -0.39 is 6.04 Å². The molecule has 0 aliphatic carbocycles. The number of nitrogens with one attached hydrogen (secondary N) is 1. The molecule has 2 aromatic rings. The van der Waals surface area contributed by atoms with Crippen molar-refractivity contribution < 1.29 is 14.3 Å². The van der Waals surface area contributed by atoms with E-state index in [0.717, 1.165) is 5.56 Å². The predicted molar refractivity (Wildman–Crippen MR) is 130 cm³/mol. The van der Waals surface area contributed by atoms with Crippen molar-refractivity contribution in [2.75, 3.05) is 13.2 Å². The molecule has 0 bridgehead atoms. The molecular weight excluding hydrogens is 400 g/mol. The fourth-order valence-electron chi connectivity index (χ4n) is 3.32. The Labute approximate surface area is 193 Å². The molecule has 0 saturated carbocycles. The van der Waals surface area contributed by atoms with E-state index >= 15 is 0 Å². The van der Waals surface area contributed by atoms with Crippen LogP contribution in [0, 0.1) is 0 Å². The number of rotatable bonds is 8. The number of hydrogen-bond acceptors (Lipinski definition) is 3. The Balaban J connectivity index is 2.09. The molecule has 0 fully saturated rings. The number of carbonyl (C=O) groups is 2. The Hall–Kier alpha value is -2.82. The van der Waals surface area contributed by atoms with Gasteiger partial charge in [-0.15, -0.1) is 0 Å². The van der Waals surface area contributed by atoms with Crippen LogP contribution in [0.5, 0.6) is 5.75 Å². The maximum Gasteiger partial charge on any atom is 0.261 e. The smallest absolute Gasteiger partial charge is 0.261 e. The highest BCUT2D eigenvalue weighted by molar-refractivity contribution is 5.88. The van der Waals surface area contributed by atoms with E-state index in [1.807, 2.05) is 75.4 Å². The minimum absolute atomic E-state index is 0.0540. The summed E-state index contributed by atoms with van der Waals surface area (Å²) in [6, 6.07) is 17.2. The van der Waals surface area contributed by atoms with Gasteiger partial charge in [0.05, 0.1) is 0 Å². The first-order valence-corrected chi connectivity index (χ1v) is 11.3. The fraction of sp³-hybridized carbons (Fsp3) is 0.481. The maximum atomic E-state index is 13.1. The average molecular weight is 439 g/mol. The number of hydrogen-bond donors (Lipinski definition) is 1. The number of nitrogens with zero attached hydrogens (tertiary/aromatic N) is 1. The van der Waals surface area contributed by atoms with Crippen LogP contribution in [0.15, 0.2) is 54.6 Å². The molecule has 2 aromatic carbocycles. The van der Waals surface area contributed by atoms with Crippen molar-refractivity contribution in [1.82, 2.24) is 10.2 Å². The van der Waals surface area contributed by atoms with Crippen LogP contribution in [-0.4, -0.2) is 41.4 Å². The Morgan fingerprint density at radius 3 is 2.06 bits per heavy atom. The van der Waals surface area contributed by atoms with Crippen LogP contribution < -0.4 is 10.1 Å². The minimum atomic E-state index is -0.600. The predicted octanol–water partition coefficient (Wildman–Crippen LogP) is 4.74. The van der Waals surface area contributed by atoms with Gasteiger partial charge in [-0.3, -0.25) is 9.59 Å². The molecule has 5 nitrogen and oxygen atoms in total. The summed E-state index contributed by atoms with van der Waals surface area (Å²) in [7, 11) is 0. The average Bonchev–Trinajstić information content (AvgIpc) is 2.71. The number of benzene rings is 2. The molecule has 32 heavy (non-hydrogen) atoms. The van der Waals surface area contributed by atoms with Gasteiger partial charge in [0.15, 0.2) is 6.61 Å². The van der Waals surface area contributed by atoms with Crippen LogP contribution in [0.1, 0.15) is 59.6 Å². The third-order valence-corrected chi connectivity index (χ3v) is 5.23. The summed E-state index contributed by atoms with van der Waals surface area (Å²) < 4.78 is 5.78. The summed E-state index contributed by atoms with van der Waals surface area (Å²) in [5.74, 6) is 0.256. The third-order valence-electron chi connectivity index (χ3n) is 5.23. The number of amides is 2. The lowest BCUT2D eigenvalue weighted by Gasteiger charge is -2.31. The number of carbonyl (C=O) groups excluding carboxylic acids is 2. The zero-order chi connectivity index (χ0) is 23.9. The summed E-state index contributed by atoms with van der Waals surface area (Å²) in [5, 5.41) is 2.97. The van der Waals surface area contributed by atoms with E-state index in [2.05, 4.69) is 26.1 Å². The molecule has 1 N–H and O–H groups in total. The summed E-state index contributed by atoms with van der Waals surface area (Å²) in [5.41, 5.74) is 2.00. The van der Waals surface area contributed by atoms with Crippen molar-refractivity contribution in [1.29, 1.82) is 0 Å². The zero-order valence-corrected chi connectivity index (χ0v) is 20.6. The second-order valence-electron chi connectivity index (χ2n) is 10.3. The van der Waals surface area contributed by atoms with E-state index in [0.29, 0.717) is 18.7 Å². The van der Waals surface area contributed by atoms with Crippen LogP contribution in [-0.2, 0) is 21.4 Å². The first-order chi connectivity index (χ1) is 14.9. The molecule has 0 heterocycles. The van der Waals surface area contributed by atoms with Gasteiger partial charge in [0.2, 0.25) is 5.91 Å². The normalized spacial score (nSPS) is 12.7. The standard InChI is InChI=1S/C27H38N2O3/c1-20(25(31)28-27(5,6)7)29(18-17-21-11-9-8-10-12-21)24(30)19-32-23-15-13-22(14-16-23)26(2,3)4/h8-16,20H,17-19H2,1-7H3,(H,28,31). The molecule has 1 atom stereocenters. The maximum absolute atomic E-state index is 13.1. The highest BCUT2D eigenvalue weighted by atomic mass is 16.5. The highest BCUT2D eigenvalue weighted by Crippen LogP contribution is 2.24. The molecular formula is C27H38N2O3. The van der Waals surface area contributed by atoms with Gasteiger partial charge in [0.1, 0.15) is 11.8 Å². The largest absolute Gasteiger partial charge is 0.484 e. The van der Waals surface area contributed by atoms with E-state index in [1.165, 1.54) is 5.56 Å². The minimum Gasteiger partial charge on any atom is -0.484 e. The van der Waals surface area contributed by atoms with Gasteiger partial charge in [0, 0.05) is 12.1 Å². The lowest BCUT2D eigenvalue weighted by atomic mass is 9.87. The quantitative estimate of drug-likeness (QED) is 0.648. The lowest BCUT2D eigenvalue weighted by Crippen LogP contribution is -2.53. The van der Waals surface area contributed by atoms with Crippen LogP contribution in [0.25, 0.3) is 0 Å². The molecule has 2 amide bonds. The Morgan fingerprint density at radius 2 is 1.53 bits per heavy atom. The molecule has 5 heteroatoms. The Bertz CT molecular complexity index is 878. The van der Waals surface area contributed by atoms with Gasteiger partial charge < -0.3 is 15.0 Å². The second-order valence-corrected chi connectivity index (χ2v) is 10.3. The van der Waals surface area contributed by atoms with Crippen molar-refractivity contribution in [2.45, 2.75) is 71.9 Å². The molecule has 0 aliphatic heterocycles. The van der Waals surface area contributed by atoms with Gasteiger partial charge in [-0.25, -0.2) is 0 Å². The molecule has 0 aromatic heterocycles. The van der Waals surface area contributed by atoms with Gasteiger partial charge in [-0.2, -0.15) is 0 Å². The van der Waals surface area contributed by atoms with Crippen LogP contribution >= 0.6 is 0 Å². The molecule has 0 radical (unpaired) electrons. The lowest BCUT2D eigenvalue weighted by molar-refractivity contribution is -0.142. The van der Waals surface area contributed by atoms with Crippen LogP contribution in [0.4, 0.5) is 0 Å². The third kappa shape index (κ3) is 8.03. The van der Waals surface area contributed by atoms with E-state index in [-0.39, 0.29) is 29.4 Å². The molecule has 1 unspecified atom stereocenters. The molecule has 0 saturated heterocycles. The first kappa shape index (κ1) is 25.4. The van der Waals surface area contributed by atoms with Gasteiger partial charge in [-0.1, -0.05) is 63.2 Å². The molecule has 2 rings (SSSR count). The zero-order valence-electron chi connectivity index (χ0n) is 20.6. The van der Waals surface area contributed by atoms with Crippen molar-refractivity contribution in [2.24, 2.45) is 0 Å². The van der Waals surface area contributed by atoms with Gasteiger partial charge >= 0.3 is 0 Å². The van der Waals surface area contributed by atoms with E-state index in [9.17, 15) is 9.59 Å². The summed E-state index contributed by atoms with van der Waals surface area (Å²) in [4.78, 5) is 27.5. The summed E-state index contributed by atoms with van der Waals surface area (Å²) in [6.07, 6.45) is 0.667. The van der Waals surface area contributed by atoms with Crippen molar-refractivity contribution in [3.8, 4) is 5.75 Å². The van der Waals surface area contributed by atoms with Gasteiger partial charge in [0.25, 0.3) is 5.91 Å². The Morgan fingerprint density at radius 1 is 0.938 bits per heavy atom. The van der Waals surface area contributed by atoms with Gasteiger partial charge in [-0.05, 0) is 62.8 Å². The van der Waals surface area contributed by atoms with Crippen molar-refractivity contribution in [3.05, 3.63) is 65.7 Å². The van der Waals surface area contributed by atoms with E-state index in [4.69, 9.17) is 4.74 Å². The second kappa shape index (κ2) is 10.7. The van der Waals surface area contributed by atoms with E-state index in [1.54, 1.807) is 11.8 Å². The monoisotopic (exact) mass is 438 g/mol.